The second-order valence-corrected chi connectivity index (χ2v) is 5.36. The third-order valence-electron chi connectivity index (χ3n) is 3.91. The van der Waals surface area contributed by atoms with Gasteiger partial charge in [-0.3, -0.25) is 4.57 Å². The van der Waals surface area contributed by atoms with Crippen molar-refractivity contribution in [3.8, 4) is 22.6 Å². The van der Waals surface area contributed by atoms with Crippen LogP contribution in [0.25, 0.3) is 27.8 Å². The molecule has 0 fully saturated rings. The number of anilines is 1. The number of aromatic nitrogens is 2. The topological polar surface area (TPSA) is 64.1 Å². The lowest BCUT2D eigenvalue weighted by Crippen LogP contribution is -2.01. The average Bonchev–Trinajstić information content (AvgIpc) is 2.92. The highest BCUT2D eigenvalue weighted by atomic mass is 16.3. The number of nitrogen functional groups attached to an aromatic ring is 1. The molecule has 0 saturated carbocycles. The molecule has 112 valence electrons. The summed E-state index contributed by atoms with van der Waals surface area (Å²) in [4.78, 5) is 4.36. The highest BCUT2D eigenvalue weighted by Gasteiger charge is 2.13. The van der Waals surface area contributed by atoms with Gasteiger partial charge in [-0.15, -0.1) is 0 Å². The van der Waals surface area contributed by atoms with Crippen LogP contribution in [0.15, 0.2) is 72.8 Å². The molecule has 1 heterocycles. The van der Waals surface area contributed by atoms with Gasteiger partial charge in [-0.2, -0.15) is 0 Å². The molecule has 4 aromatic rings. The van der Waals surface area contributed by atoms with Crippen LogP contribution in [0.5, 0.6) is 5.75 Å². The molecule has 3 aromatic carbocycles. The maximum Gasteiger partial charge on any atom is 0.206 e. The van der Waals surface area contributed by atoms with Crippen molar-refractivity contribution in [1.82, 2.24) is 9.55 Å². The first-order valence-corrected chi connectivity index (χ1v) is 7.36. The third kappa shape index (κ3) is 2.21. The number of nitrogens with two attached hydrogens (primary N) is 1. The lowest BCUT2D eigenvalue weighted by atomic mass is 10.0. The van der Waals surface area contributed by atoms with Crippen molar-refractivity contribution >= 4 is 17.0 Å². The van der Waals surface area contributed by atoms with Gasteiger partial charge in [0, 0.05) is 0 Å². The number of nitrogens with zero attached hydrogens (tertiary/aromatic N) is 2. The molecule has 0 atom stereocenters. The normalized spacial score (nSPS) is 11.0. The fourth-order valence-corrected chi connectivity index (χ4v) is 2.81. The van der Waals surface area contributed by atoms with E-state index < -0.39 is 0 Å². The van der Waals surface area contributed by atoms with Crippen LogP contribution in [-0.2, 0) is 0 Å². The second-order valence-electron chi connectivity index (χ2n) is 5.36. The van der Waals surface area contributed by atoms with Gasteiger partial charge < -0.3 is 10.8 Å². The summed E-state index contributed by atoms with van der Waals surface area (Å²) in [5, 5.41) is 10.3. The number of para-hydroxylation sites is 2. The standard InChI is InChI=1S/C19H15N3O/c20-19-21-15-8-4-5-9-16(15)22(19)17-12-14(10-11-18(17)23)13-6-2-1-3-7-13/h1-12,23H,(H2,20,21). The van der Waals surface area contributed by atoms with Crippen LogP contribution in [0.3, 0.4) is 0 Å². The largest absolute Gasteiger partial charge is 0.506 e. The SMILES string of the molecule is Nc1nc2ccccc2n1-c1cc(-c2ccccc2)ccc1O. The van der Waals surface area contributed by atoms with Crippen LogP contribution in [-0.4, -0.2) is 14.7 Å². The Morgan fingerprint density at radius 1 is 0.826 bits per heavy atom. The number of benzene rings is 3. The Morgan fingerprint density at radius 3 is 2.39 bits per heavy atom. The van der Waals surface area contributed by atoms with Gasteiger partial charge in [-0.25, -0.2) is 4.98 Å². The average molecular weight is 301 g/mol. The van der Waals surface area contributed by atoms with E-state index in [-0.39, 0.29) is 5.75 Å². The molecular formula is C19H15N3O. The molecule has 0 bridgehead atoms. The van der Waals surface area contributed by atoms with Crippen molar-refractivity contribution in [1.29, 1.82) is 0 Å². The third-order valence-corrected chi connectivity index (χ3v) is 3.91. The molecule has 0 unspecified atom stereocenters. The van der Waals surface area contributed by atoms with E-state index in [1.54, 1.807) is 10.6 Å². The Bertz CT molecular complexity index is 990. The Morgan fingerprint density at radius 2 is 1.57 bits per heavy atom. The van der Waals surface area contributed by atoms with Crippen molar-refractivity contribution < 1.29 is 5.11 Å². The molecular weight excluding hydrogens is 286 g/mol. The van der Waals surface area contributed by atoms with Crippen LogP contribution in [0.1, 0.15) is 0 Å². The molecule has 0 aliphatic carbocycles. The van der Waals surface area contributed by atoms with Crippen molar-refractivity contribution in [2.75, 3.05) is 5.73 Å². The summed E-state index contributed by atoms with van der Waals surface area (Å²) in [6, 6.07) is 23.2. The predicted molar refractivity (Wildman–Crippen MR) is 92.6 cm³/mol. The van der Waals surface area contributed by atoms with Crippen molar-refractivity contribution in [2.24, 2.45) is 0 Å². The number of fused-ring (bicyclic) bond motifs is 1. The van der Waals surface area contributed by atoms with Crippen molar-refractivity contribution in [2.45, 2.75) is 0 Å². The molecule has 0 radical (unpaired) electrons. The van der Waals surface area contributed by atoms with Crippen LogP contribution < -0.4 is 5.73 Å². The first kappa shape index (κ1) is 13.4. The molecule has 0 saturated heterocycles. The number of hydrogen-bond acceptors (Lipinski definition) is 3. The molecule has 4 rings (SSSR count). The maximum absolute atomic E-state index is 10.3. The summed E-state index contributed by atoms with van der Waals surface area (Å²) < 4.78 is 1.77. The highest BCUT2D eigenvalue weighted by Crippen LogP contribution is 2.32. The Hall–Kier alpha value is -3.27. The minimum Gasteiger partial charge on any atom is -0.506 e. The summed E-state index contributed by atoms with van der Waals surface area (Å²) in [5.74, 6) is 0.520. The smallest absolute Gasteiger partial charge is 0.206 e. The summed E-state index contributed by atoms with van der Waals surface area (Å²) >= 11 is 0. The molecule has 0 spiro atoms. The first-order valence-electron chi connectivity index (χ1n) is 7.36. The van der Waals surface area contributed by atoms with E-state index in [0.29, 0.717) is 11.6 Å². The van der Waals surface area contributed by atoms with Gasteiger partial charge in [-0.05, 0) is 35.4 Å². The molecule has 4 nitrogen and oxygen atoms in total. The number of phenols is 1. The van der Waals surface area contributed by atoms with Crippen LogP contribution >= 0.6 is 0 Å². The minimum atomic E-state index is 0.166. The number of hydrogen-bond donors (Lipinski definition) is 2. The van der Waals surface area contributed by atoms with Gasteiger partial charge in [0.15, 0.2) is 0 Å². The highest BCUT2D eigenvalue weighted by molar-refractivity contribution is 5.82. The lowest BCUT2D eigenvalue weighted by Gasteiger charge is -2.11. The van der Waals surface area contributed by atoms with Gasteiger partial charge >= 0.3 is 0 Å². The van der Waals surface area contributed by atoms with Crippen LogP contribution in [0.4, 0.5) is 5.95 Å². The fraction of sp³-hybridized carbons (Fsp3) is 0. The van der Waals surface area contributed by atoms with E-state index >= 15 is 0 Å². The number of aromatic hydroxyl groups is 1. The van der Waals surface area contributed by atoms with E-state index in [1.807, 2.05) is 66.7 Å². The number of rotatable bonds is 2. The summed E-state index contributed by atoms with van der Waals surface area (Å²) in [5.41, 5.74) is 10.5. The lowest BCUT2D eigenvalue weighted by molar-refractivity contribution is 0.473. The van der Waals surface area contributed by atoms with Gasteiger partial charge in [-0.1, -0.05) is 48.5 Å². The Balaban J connectivity index is 1.96. The van der Waals surface area contributed by atoms with Gasteiger partial charge in [0.05, 0.1) is 16.7 Å². The van der Waals surface area contributed by atoms with Crippen LogP contribution in [0, 0.1) is 0 Å². The number of phenolic OH excluding ortho intramolecular Hbond substituents is 1. The molecule has 0 amide bonds. The molecule has 1 aromatic heterocycles. The van der Waals surface area contributed by atoms with E-state index in [0.717, 1.165) is 22.2 Å². The van der Waals surface area contributed by atoms with Gasteiger partial charge in [0.1, 0.15) is 5.75 Å². The molecule has 23 heavy (non-hydrogen) atoms. The van der Waals surface area contributed by atoms with Gasteiger partial charge in [0.25, 0.3) is 0 Å². The minimum absolute atomic E-state index is 0.166. The Kier molecular flexibility index (Phi) is 3.01. The zero-order chi connectivity index (χ0) is 15.8. The zero-order valence-electron chi connectivity index (χ0n) is 12.3. The summed E-state index contributed by atoms with van der Waals surface area (Å²) in [6.07, 6.45) is 0. The molecule has 4 heteroatoms. The molecule has 0 aliphatic heterocycles. The summed E-state index contributed by atoms with van der Waals surface area (Å²) in [6.45, 7) is 0. The van der Waals surface area contributed by atoms with Crippen molar-refractivity contribution in [3.05, 3.63) is 72.8 Å². The monoisotopic (exact) mass is 301 g/mol. The Labute approximate surface area is 133 Å². The molecule has 3 N–H and O–H groups in total. The van der Waals surface area contributed by atoms with Crippen LogP contribution in [0.2, 0.25) is 0 Å². The van der Waals surface area contributed by atoms with E-state index in [9.17, 15) is 5.11 Å². The first-order chi connectivity index (χ1) is 11.2. The van der Waals surface area contributed by atoms with Crippen molar-refractivity contribution in [3.63, 3.8) is 0 Å². The number of imidazole rings is 1. The van der Waals surface area contributed by atoms with E-state index in [1.165, 1.54) is 0 Å². The molecule has 0 aliphatic rings. The zero-order valence-corrected chi connectivity index (χ0v) is 12.3. The summed E-state index contributed by atoms with van der Waals surface area (Å²) in [7, 11) is 0. The fourth-order valence-electron chi connectivity index (χ4n) is 2.81. The quantitative estimate of drug-likeness (QED) is 0.588. The van der Waals surface area contributed by atoms with Gasteiger partial charge in [0.2, 0.25) is 5.95 Å². The maximum atomic E-state index is 10.3. The van der Waals surface area contributed by atoms with E-state index in [4.69, 9.17) is 5.73 Å². The predicted octanol–water partition coefficient (Wildman–Crippen LogP) is 3.98. The van der Waals surface area contributed by atoms with E-state index in [2.05, 4.69) is 4.98 Å². The second kappa shape index (κ2) is 5.18.